The maximum Gasteiger partial charge on any atom is 0.330 e. The summed E-state index contributed by atoms with van der Waals surface area (Å²) >= 11 is 0. The molecule has 0 radical (unpaired) electrons. The summed E-state index contributed by atoms with van der Waals surface area (Å²) in [6, 6.07) is 6.70. The van der Waals surface area contributed by atoms with Gasteiger partial charge in [-0.05, 0) is 156 Å². The lowest BCUT2D eigenvalue weighted by molar-refractivity contribution is -0.120. The van der Waals surface area contributed by atoms with E-state index in [1.165, 1.54) is 116 Å². The fourth-order valence-electron chi connectivity index (χ4n) is 11.8. The van der Waals surface area contributed by atoms with Gasteiger partial charge in [0.25, 0.3) is 11.9 Å². The number of aromatic hydroxyl groups is 1. The highest BCUT2D eigenvalue weighted by Crippen LogP contribution is 2.49. The molecule has 0 saturated heterocycles. The maximum atomic E-state index is 14.3. The molecule has 0 saturated carbocycles. The molecular weight excluding hydrogens is 1150 g/mol. The number of unbranched alkanes of at least 4 members (excludes halogenated alkanes) is 2. The van der Waals surface area contributed by atoms with Crippen LogP contribution in [-0.4, -0.2) is 115 Å². The highest BCUT2D eigenvalue weighted by Gasteiger charge is 2.25. The number of nitrogens with zero attached hydrogens (tertiary/aromatic N) is 4. The van der Waals surface area contributed by atoms with E-state index in [9.17, 15) is 19.3 Å². The summed E-state index contributed by atoms with van der Waals surface area (Å²) < 4.78 is 28.4. The van der Waals surface area contributed by atoms with Gasteiger partial charge in [0.15, 0.2) is 17.0 Å². The number of nitrogens with one attached hydrogen (secondary N) is 6. The van der Waals surface area contributed by atoms with E-state index in [0.29, 0.717) is 67.0 Å². The standard InChI is InChI=1S/C72H134N11O6P/c1-12-13-49-78-71-81-68(73)67-69(82-71)83(72(86)80-67)55-64-37-39-65(40-38-64)70(85)79-54-66(84)77-50-23-47-75-44-15-14-43-74-45-22-46-76-48-24-53-90(87,88-51-41-62(10)35-20-33-60(8)31-18-29-58(6)27-16-25-56(2)3)89-52-42-63(11)36-21-34-61(9)32-19-30-59(7)28-17-26-57(4)5/h37-40,56-63,74-76H,12-36,41-55H2,1-11H3,(H,77,84)(H,79,85)(H,80,86)(H3,73,78,81,82). The highest BCUT2D eigenvalue weighted by molar-refractivity contribution is 7.53. The quantitative estimate of drug-likeness (QED) is 0.0194. The van der Waals surface area contributed by atoms with Crippen LogP contribution in [0.1, 0.15) is 265 Å². The molecule has 3 aromatic rings. The van der Waals surface area contributed by atoms with Crippen molar-refractivity contribution in [1.82, 2.24) is 46.1 Å². The van der Waals surface area contributed by atoms with Gasteiger partial charge in [-0.25, -0.2) is 0 Å². The molecule has 17 nitrogen and oxygen atoms in total. The van der Waals surface area contributed by atoms with Crippen LogP contribution in [0.15, 0.2) is 24.3 Å². The van der Waals surface area contributed by atoms with Crippen molar-refractivity contribution in [3.8, 4) is 6.01 Å². The number of hydrogen-bond donors (Lipinski definition) is 8. The molecule has 1 aromatic carbocycles. The zero-order valence-electron chi connectivity index (χ0n) is 59.0. The van der Waals surface area contributed by atoms with Crippen molar-refractivity contribution in [3.05, 3.63) is 35.4 Å². The second-order valence-electron chi connectivity index (χ2n) is 28.2. The average Bonchev–Trinajstić information content (AvgIpc) is 1.70. The summed E-state index contributed by atoms with van der Waals surface area (Å²) in [5, 5.41) is 30.0. The van der Waals surface area contributed by atoms with Crippen molar-refractivity contribution in [3.63, 3.8) is 0 Å². The van der Waals surface area contributed by atoms with E-state index in [0.717, 1.165) is 138 Å². The number of aromatic nitrogens is 4. The van der Waals surface area contributed by atoms with Gasteiger partial charge in [-0.1, -0.05) is 210 Å². The number of fused-ring (bicyclic) bond motifs is 1. The number of amides is 2. The van der Waals surface area contributed by atoms with Crippen molar-refractivity contribution in [1.29, 1.82) is 0 Å². The normalized spacial score (nSPS) is 14.6. The second-order valence-corrected chi connectivity index (χ2v) is 30.4. The van der Waals surface area contributed by atoms with E-state index in [1.807, 2.05) is 0 Å². The van der Waals surface area contributed by atoms with Crippen LogP contribution in [0.4, 0.5) is 11.8 Å². The number of nitrogen functional groups attached to an aromatic ring is 1. The van der Waals surface area contributed by atoms with E-state index in [4.69, 9.17) is 14.8 Å². The zero-order chi connectivity index (χ0) is 65.8. The first-order chi connectivity index (χ1) is 43.3. The topological polar surface area (TPSA) is 232 Å². The first-order valence-electron chi connectivity index (χ1n) is 36.4. The van der Waals surface area contributed by atoms with Crippen molar-refractivity contribution in [2.45, 2.75) is 256 Å². The van der Waals surface area contributed by atoms with E-state index >= 15 is 0 Å². The first-order valence-corrected chi connectivity index (χ1v) is 38.1. The Morgan fingerprint density at radius 3 is 1.42 bits per heavy atom. The number of carbonyl (C=O) groups is 2. The maximum absolute atomic E-state index is 14.3. The van der Waals surface area contributed by atoms with Crippen LogP contribution >= 0.6 is 7.60 Å². The van der Waals surface area contributed by atoms with Gasteiger partial charge in [0, 0.05) is 18.7 Å². The first kappa shape index (κ1) is 80.4. The fraction of sp³-hybridized carbons (Fsp3) is 0.819. The van der Waals surface area contributed by atoms with Gasteiger partial charge in [-0.3, -0.25) is 18.7 Å². The van der Waals surface area contributed by atoms with E-state index in [2.05, 4.69) is 123 Å². The largest absolute Gasteiger partial charge is 0.480 e. The molecule has 6 atom stereocenters. The third-order valence-corrected chi connectivity index (χ3v) is 20.0. The Morgan fingerprint density at radius 1 is 0.522 bits per heavy atom. The Bertz CT molecular complexity index is 2300. The molecule has 6 unspecified atom stereocenters. The molecule has 2 heterocycles. The van der Waals surface area contributed by atoms with E-state index in [-0.39, 0.29) is 36.7 Å². The average molecular weight is 1280 g/mol. The summed E-state index contributed by atoms with van der Waals surface area (Å²) in [7, 11) is -3.20. The Labute approximate surface area is 548 Å². The fourth-order valence-corrected chi connectivity index (χ4v) is 13.4. The van der Waals surface area contributed by atoms with Crippen LogP contribution in [0.2, 0.25) is 0 Å². The zero-order valence-corrected chi connectivity index (χ0v) is 59.9. The highest BCUT2D eigenvalue weighted by atomic mass is 31.2. The molecule has 0 aliphatic carbocycles. The number of anilines is 2. The lowest BCUT2D eigenvalue weighted by Crippen LogP contribution is -2.37. The number of nitrogens with two attached hydrogens (primary N) is 1. The van der Waals surface area contributed by atoms with Gasteiger partial charge in [0.1, 0.15) is 0 Å². The van der Waals surface area contributed by atoms with Crippen LogP contribution in [-0.2, 0) is 25.0 Å². The Kier molecular flexibility index (Phi) is 43.6. The molecule has 0 aliphatic rings. The lowest BCUT2D eigenvalue weighted by Gasteiger charge is -2.21. The monoisotopic (exact) mass is 1280 g/mol. The molecule has 0 fully saturated rings. The van der Waals surface area contributed by atoms with Gasteiger partial charge in [-0.15, -0.1) is 0 Å². The van der Waals surface area contributed by atoms with Crippen LogP contribution in [0.3, 0.4) is 0 Å². The third kappa shape index (κ3) is 38.4. The predicted molar refractivity (Wildman–Crippen MR) is 379 cm³/mol. The second kappa shape index (κ2) is 48.8. The van der Waals surface area contributed by atoms with E-state index in [1.54, 1.807) is 28.8 Å². The number of imidazole rings is 1. The van der Waals surface area contributed by atoms with Crippen molar-refractivity contribution < 1.29 is 28.3 Å². The molecule has 0 bridgehead atoms. The van der Waals surface area contributed by atoms with Crippen molar-refractivity contribution >= 4 is 42.3 Å². The smallest absolute Gasteiger partial charge is 0.330 e. The number of rotatable bonds is 58. The van der Waals surface area contributed by atoms with Crippen molar-refractivity contribution in [2.24, 2.45) is 47.3 Å². The van der Waals surface area contributed by atoms with Gasteiger partial charge in [0.2, 0.25) is 11.9 Å². The lowest BCUT2D eigenvalue weighted by atomic mass is 9.91. The Balaban J connectivity index is 1.24. The summed E-state index contributed by atoms with van der Waals surface area (Å²) in [5.74, 6) is 5.93. The predicted octanol–water partition coefficient (Wildman–Crippen LogP) is 16.1. The molecular formula is C72H134N11O6P. The molecule has 0 spiro atoms. The van der Waals surface area contributed by atoms with Crippen LogP contribution < -0.4 is 37.6 Å². The van der Waals surface area contributed by atoms with E-state index < -0.39 is 7.60 Å². The summed E-state index contributed by atoms with van der Waals surface area (Å²) in [6.45, 7) is 33.5. The van der Waals surface area contributed by atoms with Crippen molar-refractivity contribution in [2.75, 3.05) is 89.3 Å². The number of carbonyl (C=O) groups excluding carboxylic acids is 2. The van der Waals surface area contributed by atoms with Gasteiger partial charge in [-0.2, -0.15) is 15.0 Å². The Morgan fingerprint density at radius 2 is 0.956 bits per heavy atom. The summed E-state index contributed by atoms with van der Waals surface area (Å²) in [6.07, 6.45) is 32.8. The molecule has 18 heteroatoms. The molecule has 9 N–H and O–H groups in total. The molecule has 2 aromatic heterocycles. The number of benzene rings is 1. The molecule has 518 valence electrons. The molecule has 0 aliphatic heterocycles. The van der Waals surface area contributed by atoms with Crippen LogP contribution in [0.5, 0.6) is 6.01 Å². The molecule has 90 heavy (non-hydrogen) atoms. The SMILES string of the molecule is CCCCNc1nc(N)c2nc(O)n(Cc3ccc(C(=O)NCC(=O)NCCCNCCCCNCCCNCCCP(=O)(OCCC(C)CCCC(C)CCCC(C)CCCC(C)C)OCCC(C)CCCC(C)CCCC(C)CCCC(C)C)cc3)c2n1. The van der Waals surface area contributed by atoms with Gasteiger partial charge < -0.3 is 51.8 Å². The minimum atomic E-state index is -3.20. The number of hydrogen-bond acceptors (Lipinski definition) is 14. The van der Waals surface area contributed by atoms with Crippen LogP contribution in [0, 0.1) is 47.3 Å². The molecule has 3 rings (SSSR count). The minimum absolute atomic E-state index is 0.119. The van der Waals surface area contributed by atoms with Crippen LogP contribution in [0.25, 0.3) is 11.2 Å². The summed E-state index contributed by atoms with van der Waals surface area (Å²) in [5.41, 5.74) is 8.08. The third-order valence-electron chi connectivity index (χ3n) is 18.0. The van der Waals surface area contributed by atoms with Gasteiger partial charge in [0.05, 0.1) is 32.5 Å². The molecule has 2 amide bonds. The summed E-state index contributed by atoms with van der Waals surface area (Å²) in [4.78, 5) is 38.3. The Hall–Kier alpha value is -3.86. The minimum Gasteiger partial charge on any atom is -0.480 e. The van der Waals surface area contributed by atoms with Gasteiger partial charge >= 0.3 is 7.60 Å².